The van der Waals surface area contributed by atoms with Crippen LogP contribution in [0, 0.1) is 5.41 Å². The van der Waals surface area contributed by atoms with Crippen molar-refractivity contribution in [2.45, 2.75) is 32.2 Å². The Morgan fingerprint density at radius 3 is 2.29 bits per heavy atom. The molecule has 1 saturated carbocycles. The molecule has 0 aromatic rings. The van der Waals surface area contributed by atoms with Crippen LogP contribution in [0.15, 0.2) is 0 Å². The summed E-state index contributed by atoms with van der Waals surface area (Å²) in [7, 11) is -3.11. The fraction of sp³-hybridized carbons (Fsp3) is 0.800. The quantitative estimate of drug-likeness (QED) is 0.690. The Labute approximate surface area is 100 Å². The minimum absolute atomic E-state index is 0.00509. The topological polar surface area (TPSA) is 101 Å². The number of nitrogens with one attached hydrogen (secondary N) is 1. The lowest BCUT2D eigenvalue weighted by Gasteiger charge is -2.15. The van der Waals surface area contributed by atoms with Gasteiger partial charge in [0.15, 0.2) is 0 Å². The fourth-order valence-electron chi connectivity index (χ4n) is 1.80. The smallest absolute Gasteiger partial charge is 0.325 e. The number of carboxylic acids is 1. The van der Waals surface area contributed by atoms with Crippen LogP contribution in [0.4, 0.5) is 0 Å². The molecule has 0 spiro atoms. The Bertz CT molecular complexity index is 424. The maximum Gasteiger partial charge on any atom is 0.325 e. The molecule has 0 bridgehead atoms. The van der Waals surface area contributed by atoms with E-state index < -0.39 is 33.2 Å². The van der Waals surface area contributed by atoms with E-state index in [1.165, 1.54) is 6.92 Å². The van der Waals surface area contributed by atoms with E-state index in [1.807, 2.05) is 0 Å². The molecule has 6 nitrogen and oxygen atoms in total. The second kappa shape index (κ2) is 4.64. The average Bonchev–Trinajstić information content (AvgIpc) is 2.80. The first-order valence-electron chi connectivity index (χ1n) is 5.33. The molecule has 0 aromatic carbocycles. The van der Waals surface area contributed by atoms with Gasteiger partial charge in [-0.3, -0.25) is 9.59 Å². The van der Waals surface area contributed by atoms with Crippen molar-refractivity contribution in [3.05, 3.63) is 0 Å². The van der Waals surface area contributed by atoms with Gasteiger partial charge in [0.25, 0.3) is 0 Å². The predicted octanol–water partition coefficient (Wildman–Crippen LogP) is -0.209. The molecule has 1 aliphatic carbocycles. The Morgan fingerprint density at radius 2 is 1.94 bits per heavy atom. The van der Waals surface area contributed by atoms with Gasteiger partial charge in [0.1, 0.15) is 15.9 Å². The first kappa shape index (κ1) is 14.0. The predicted molar refractivity (Wildman–Crippen MR) is 61.2 cm³/mol. The standard InChI is InChI=1S/C10H17NO5S/c1-7(9(13)14)11-8(12)5-10(3-4-10)6-17(2,15)16/h7H,3-6H2,1-2H3,(H,11,12)(H,13,14). The first-order valence-corrected chi connectivity index (χ1v) is 7.40. The third-order valence-corrected chi connectivity index (χ3v) is 3.95. The molecule has 0 radical (unpaired) electrons. The zero-order chi connectivity index (χ0) is 13.3. The number of sulfone groups is 1. The van der Waals surface area contributed by atoms with Crippen molar-refractivity contribution in [2.75, 3.05) is 12.0 Å². The Hall–Kier alpha value is -1.11. The van der Waals surface area contributed by atoms with Gasteiger partial charge in [-0.1, -0.05) is 0 Å². The van der Waals surface area contributed by atoms with Crippen LogP contribution in [0.1, 0.15) is 26.2 Å². The van der Waals surface area contributed by atoms with E-state index in [0.29, 0.717) is 12.8 Å². The van der Waals surface area contributed by atoms with Gasteiger partial charge in [-0.15, -0.1) is 0 Å². The first-order chi connectivity index (χ1) is 7.64. The lowest BCUT2D eigenvalue weighted by atomic mass is 10.0. The van der Waals surface area contributed by atoms with E-state index in [2.05, 4.69) is 5.32 Å². The highest BCUT2D eigenvalue weighted by atomic mass is 32.2. The third kappa shape index (κ3) is 4.72. The molecule has 1 fully saturated rings. The van der Waals surface area contributed by atoms with Crippen LogP contribution in [0.5, 0.6) is 0 Å². The second-order valence-electron chi connectivity index (χ2n) is 4.87. The molecule has 0 saturated heterocycles. The van der Waals surface area contributed by atoms with Crippen molar-refractivity contribution in [2.24, 2.45) is 5.41 Å². The molecule has 0 aliphatic heterocycles. The van der Waals surface area contributed by atoms with Gasteiger partial charge in [0, 0.05) is 12.7 Å². The number of carbonyl (C=O) groups excluding carboxylic acids is 1. The van der Waals surface area contributed by atoms with Crippen LogP contribution in [0.3, 0.4) is 0 Å². The lowest BCUT2D eigenvalue weighted by molar-refractivity contribution is -0.141. The largest absolute Gasteiger partial charge is 0.480 e. The van der Waals surface area contributed by atoms with E-state index in [-0.39, 0.29) is 12.2 Å². The Morgan fingerprint density at radius 1 is 1.41 bits per heavy atom. The van der Waals surface area contributed by atoms with E-state index in [4.69, 9.17) is 5.11 Å². The molecule has 0 aromatic heterocycles. The van der Waals surface area contributed by atoms with Gasteiger partial charge in [0.05, 0.1) is 5.75 Å². The van der Waals surface area contributed by atoms with Gasteiger partial charge in [-0.25, -0.2) is 8.42 Å². The highest BCUT2D eigenvalue weighted by Gasteiger charge is 2.46. The second-order valence-corrected chi connectivity index (χ2v) is 7.01. The van der Waals surface area contributed by atoms with Crippen LogP contribution in [0.2, 0.25) is 0 Å². The van der Waals surface area contributed by atoms with Crippen LogP contribution < -0.4 is 5.32 Å². The molecule has 1 amide bonds. The summed E-state index contributed by atoms with van der Waals surface area (Å²) in [5.41, 5.74) is -0.462. The van der Waals surface area contributed by atoms with E-state index in [9.17, 15) is 18.0 Å². The van der Waals surface area contributed by atoms with Gasteiger partial charge in [-0.05, 0) is 25.2 Å². The van der Waals surface area contributed by atoms with Crippen molar-refractivity contribution in [3.8, 4) is 0 Å². The summed E-state index contributed by atoms with van der Waals surface area (Å²) in [6.07, 6.45) is 2.63. The SMILES string of the molecule is CC(NC(=O)CC1(CS(C)(=O)=O)CC1)C(=O)O. The molecule has 1 atom stereocenters. The maximum absolute atomic E-state index is 11.5. The number of hydrogen-bond acceptors (Lipinski definition) is 4. The molecule has 7 heteroatoms. The average molecular weight is 263 g/mol. The monoisotopic (exact) mass is 263 g/mol. The number of hydrogen-bond donors (Lipinski definition) is 2. The zero-order valence-electron chi connectivity index (χ0n) is 9.89. The van der Waals surface area contributed by atoms with Crippen LogP contribution in [-0.4, -0.2) is 43.5 Å². The van der Waals surface area contributed by atoms with Crippen molar-refractivity contribution in [1.82, 2.24) is 5.32 Å². The van der Waals surface area contributed by atoms with E-state index in [1.54, 1.807) is 0 Å². The highest BCUT2D eigenvalue weighted by Crippen LogP contribution is 2.49. The summed E-state index contributed by atoms with van der Waals surface area (Å²) < 4.78 is 22.3. The highest BCUT2D eigenvalue weighted by molar-refractivity contribution is 7.90. The molecule has 1 unspecified atom stereocenters. The zero-order valence-corrected chi connectivity index (χ0v) is 10.7. The summed E-state index contributed by atoms with van der Waals surface area (Å²) in [6, 6.07) is -0.948. The van der Waals surface area contributed by atoms with Crippen molar-refractivity contribution in [1.29, 1.82) is 0 Å². The molecule has 17 heavy (non-hydrogen) atoms. The minimum atomic E-state index is -3.11. The van der Waals surface area contributed by atoms with Gasteiger partial charge >= 0.3 is 5.97 Å². The number of carboxylic acid groups (broad SMARTS) is 1. The normalized spacial score (nSPS) is 19.4. The number of rotatable bonds is 6. The third-order valence-electron chi connectivity index (χ3n) is 2.81. The van der Waals surface area contributed by atoms with Crippen molar-refractivity contribution in [3.63, 3.8) is 0 Å². The molecule has 1 rings (SSSR count). The molecular formula is C10H17NO5S. The Kier molecular flexibility index (Phi) is 3.81. The summed E-state index contributed by atoms with van der Waals surface area (Å²) in [5.74, 6) is -1.51. The maximum atomic E-state index is 11.5. The summed E-state index contributed by atoms with van der Waals surface area (Å²) in [6.45, 7) is 1.37. The lowest BCUT2D eigenvalue weighted by Crippen LogP contribution is -2.39. The summed E-state index contributed by atoms with van der Waals surface area (Å²) >= 11 is 0. The fourth-order valence-corrected chi connectivity index (χ4v) is 3.30. The summed E-state index contributed by atoms with van der Waals surface area (Å²) in [4.78, 5) is 22.1. The van der Waals surface area contributed by atoms with E-state index in [0.717, 1.165) is 6.26 Å². The van der Waals surface area contributed by atoms with Crippen LogP contribution in [0.25, 0.3) is 0 Å². The number of amides is 1. The molecule has 2 N–H and O–H groups in total. The minimum Gasteiger partial charge on any atom is -0.480 e. The van der Waals surface area contributed by atoms with Gasteiger partial charge in [0.2, 0.25) is 5.91 Å². The van der Waals surface area contributed by atoms with E-state index >= 15 is 0 Å². The number of aliphatic carboxylic acids is 1. The van der Waals surface area contributed by atoms with Gasteiger partial charge in [-0.2, -0.15) is 0 Å². The molecule has 1 aliphatic rings. The van der Waals surface area contributed by atoms with Crippen molar-refractivity contribution < 1.29 is 23.1 Å². The number of carbonyl (C=O) groups is 2. The summed E-state index contributed by atoms with van der Waals surface area (Å²) in [5, 5.41) is 10.9. The van der Waals surface area contributed by atoms with Crippen LogP contribution in [-0.2, 0) is 19.4 Å². The molecular weight excluding hydrogens is 246 g/mol. The molecule has 98 valence electrons. The Balaban J connectivity index is 2.49. The molecule has 0 heterocycles. The van der Waals surface area contributed by atoms with Crippen LogP contribution >= 0.6 is 0 Å². The van der Waals surface area contributed by atoms with Crippen molar-refractivity contribution >= 4 is 21.7 Å². The van der Waals surface area contributed by atoms with Gasteiger partial charge < -0.3 is 10.4 Å².